The van der Waals surface area contributed by atoms with Crippen LogP contribution in [-0.2, 0) is 7.05 Å². The third-order valence-electron chi connectivity index (χ3n) is 3.72. The van der Waals surface area contributed by atoms with E-state index in [-0.39, 0.29) is 5.91 Å². The van der Waals surface area contributed by atoms with Crippen molar-refractivity contribution in [3.63, 3.8) is 0 Å². The van der Waals surface area contributed by atoms with E-state index >= 15 is 0 Å². The molecule has 0 N–H and O–H groups in total. The summed E-state index contributed by atoms with van der Waals surface area (Å²) in [6, 6.07) is 7.35. The Morgan fingerprint density at radius 2 is 2.22 bits per heavy atom. The van der Waals surface area contributed by atoms with Gasteiger partial charge in [0.25, 0.3) is 5.91 Å². The lowest BCUT2D eigenvalue weighted by molar-refractivity contribution is 0.0987. The molecule has 0 fully saturated rings. The van der Waals surface area contributed by atoms with Gasteiger partial charge in [-0.2, -0.15) is 0 Å². The number of amides is 1. The van der Waals surface area contributed by atoms with E-state index in [1.807, 2.05) is 18.2 Å². The van der Waals surface area contributed by atoms with Crippen molar-refractivity contribution in [2.24, 2.45) is 7.05 Å². The van der Waals surface area contributed by atoms with Crippen molar-refractivity contribution in [1.29, 1.82) is 0 Å². The van der Waals surface area contributed by atoms with E-state index in [1.165, 1.54) is 0 Å². The summed E-state index contributed by atoms with van der Waals surface area (Å²) in [5, 5.41) is 8.55. The molecule has 0 bridgehead atoms. The maximum Gasteiger partial charge on any atom is 0.259 e. The van der Waals surface area contributed by atoms with E-state index in [4.69, 9.17) is 11.6 Å². The Morgan fingerprint density at radius 1 is 1.35 bits per heavy atom. The number of carbonyl (C=O) groups excluding carboxylic acids is 1. The summed E-state index contributed by atoms with van der Waals surface area (Å²) in [6.45, 7) is 0.634. The number of rotatable bonds is 1. The molecule has 3 heterocycles. The molecule has 0 radical (unpaired) electrons. The van der Waals surface area contributed by atoms with E-state index in [0.29, 0.717) is 28.3 Å². The van der Waals surface area contributed by atoms with Crippen LogP contribution in [0, 0.1) is 0 Å². The quantitative estimate of drug-likeness (QED) is 0.678. The molecule has 1 amide bonds. The Labute approximate surface area is 141 Å². The number of aryl methyl sites for hydroxylation is 1. The maximum atomic E-state index is 12.9. The molecule has 116 valence electrons. The Kier molecular flexibility index (Phi) is 3.46. The molecule has 0 atom stereocenters. The second kappa shape index (κ2) is 5.50. The monoisotopic (exact) mass is 345 g/mol. The number of aromatic nitrogens is 4. The van der Waals surface area contributed by atoms with Gasteiger partial charge in [0, 0.05) is 35.5 Å². The lowest BCUT2D eigenvalue weighted by atomic mass is 10.2. The molecule has 8 heteroatoms. The summed E-state index contributed by atoms with van der Waals surface area (Å²) in [7, 11) is 1.77. The normalized spacial score (nSPS) is 14.1. The number of benzene rings is 1. The first-order valence-electron chi connectivity index (χ1n) is 7.03. The van der Waals surface area contributed by atoms with E-state index < -0.39 is 0 Å². The lowest BCUT2D eigenvalue weighted by Gasteiger charge is -2.29. The number of halogens is 1. The zero-order valence-corrected chi connectivity index (χ0v) is 13.8. The highest BCUT2D eigenvalue weighted by molar-refractivity contribution is 7.99. The van der Waals surface area contributed by atoms with Gasteiger partial charge in [-0.1, -0.05) is 16.8 Å². The molecule has 3 aromatic rings. The van der Waals surface area contributed by atoms with Crippen LogP contribution in [0.4, 0.5) is 5.69 Å². The van der Waals surface area contributed by atoms with Crippen LogP contribution in [0.1, 0.15) is 10.4 Å². The van der Waals surface area contributed by atoms with Gasteiger partial charge < -0.3 is 4.90 Å². The van der Waals surface area contributed by atoms with Crippen LogP contribution in [0.15, 0.2) is 35.4 Å². The fourth-order valence-corrected chi connectivity index (χ4v) is 3.74. The average molecular weight is 346 g/mol. The number of pyridine rings is 1. The number of hydrogen-bond acceptors (Lipinski definition) is 5. The van der Waals surface area contributed by atoms with Crippen molar-refractivity contribution in [2.75, 3.05) is 17.2 Å². The summed E-state index contributed by atoms with van der Waals surface area (Å²) < 4.78 is 1.58. The summed E-state index contributed by atoms with van der Waals surface area (Å²) in [5.41, 5.74) is 2.60. The van der Waals surface area contributed by atoms with Gasteiger partial charge in [-0.3, -0.25) is 4.79 Å². The Bertz CT molecular complexity index is 925. The van der Waals surface area contributed by atoms with E-state index in [9.17, 15) is 4.79 Å². The molecule has 4 rings (SSSR count). The van der Waals surface area contributed by atoms with Crippen molar-refractivity contribution in [1.82, 2.24) is 20.0 Å². The van der Waals surface area contributed by atoms with Crippen LogP contribution < -0.4 is 4.90 Å². The van der Waals surface area contributed by atoms with Gasteiger partial charge in [0.2, 0.25) is 0 Å². The molecule has 0 saturated heterocycles. The van der Waals surface area contributed by atoms with Gasteiger partial charge in [0.15, 0.2) is 5.65 Å². The lowest BCUT2D eigenvalue weighted by Crippen LogP contribution is -2.35. The number of thioether (sulfide) groups is 1. The Balaban J connectivity index is 1.75. The molecule has 2 aromatic heterocycles. The summed E-state index contributed by atoms with van der Waals surface area (Å²) in [6.07, 6.45) is 1.57. The van der Waals surface area contributed by atoms with Crippen LogP contribution in [0.3, 0.4) is 0 Å². The zero-order valence-electron chi connectivity index (χ0n) is 12.2. The summed E-state index contributed by atoms with van der Waals surface area (Å²) >= 11 is 7.82. The molecular weight excluding hydrogens is 334 g/mol. The predicted octanol–water partition coefficient (Wildman–Crippen LogP) is 2.77. The Morgan fingerprint density at radius 3 is 3.09 bits per heavy atom. The number of nitrogens with zero attached hydrogens (tertiary/aromatic N) is 5. The van der Waals surface area contributed by atoms with Gasteiger partial charge in [-0.25, -0.2) is 9.67 Å². The first-order valence-corrected chi connectivity index (χ1v) is 8.39. The molecule has 1 aromatic carbocycles. The van der Waals surface area contributed by atoms with Gasteiger partial charge in [-0.15, -0.1) is 16.9 Å². The molecule has 1 aliphatic rings. The van der Waals surface area contributed by atoms with Gasteiger partial charge in [-0.05, 0) is 24.3 Å². The highest BCUT2D eigenvalue weighted by Crippen LogP contribution is 2.37. The van der Waals surface area contributed by atoms with E-state index in [1.54, 1.807) is 40.7 Å². The smallest absolute Gasteiger partial charge is 0.259 e. The number of carbonyl (C=O) groups is 1. The second-order valence-electron chi connectivity index (χ2n) is 5.20. The van der Waals surface area contributed by atoms with Gasteiger partial charge >= 0.3 is 0 Å². The molecule has 6 nitrogen and oxygen atoms in total. The largest absolute Gasteiger partial charge is 0.306 e. The standard InChI is InChI=1S/C15H12ClN5OS/c1-20-14-11(18-19-20)6-9(8-17-14)15(22)21-4-5-23-13-3-2-10(16)7-12(13)21/h2-3,6-8H,4-5H2,1H3. The summed E-state index contributed by atoms with van der Waals surface area (Å²) in [5.74, 6) is 0.746. The highest BCUT2D eigenvalue weighted by Gasteiger charge is 2.25. The molecular formula is C15H12ClN5OS. The Hall–Kier alpha value is -2.12. The first-order chi connectivity index (χ1) is 11.1. The summed E-state index contributed by atoms with van der Waals surface area (Å²) in [4.78, 5) is 20.0. The number of hydrogen-bond donors (Lipinski definition) is 0. The third kappa shape index (κ3) is 2.46. The number of fused-ring (bicyclic) bond motifs is 2. The number of anilines is 1. The van der Waals surface area contributed by atoms with Crippen molar-refractivity contribution >= 4 is 46.1 Å². The molecule has 0 saturated carbocycles. The predicted molar refractivity (Wildman–Crippen MR) is 90.2 cm³/mol. The molecule has 23 heavy (non-hydrogen) atoms. The van der Waals surface area contributed by atoms with Crippen molar-refractivity contribution in [3.05, 3.63) is 41.0 Å². The third-order valence-corrected chi connectivity index (χ3v) is 4.99. The highest BCUT2D eigenvalue weighted by atomic mass is 35.5. The van der Waals surface area contributed by atoms with Crippen molar-refractivity contribution < 1.29 is 4.79 Å². The minimum Gasteiger partial charge on any atom is -0.306 e. The van der Waals surface area contributed by atoms with Crippen LogP contribution in [0.2, 0.25) is 5.02 Å². The fraction of sp³-hybridized carbons (Fsp3) is 0.200. The van der Waals surface area contributed by atoms with Crippen molar-refractivity contribution in [3.8, 4) is 0 Å². The van der Waals surface area contributed by atoms with Gasteiger partial charge in [0.1, 0.15) is 5.52 Å². The molecule has 1 aliphatic heterocycles. The first kappa shape index (κ1) is 14.5. The average Bonchev–Trinajstić information content (AvgIpc) is 2.94. The minimum absolute atomic E-state index is 0.103. The van der Waals surface area contributed by atoms with E-state index in [2.05, 4.69) is 15.3 Å². The van der Waals surface area contributed by atoms with Crippen molar-refractivity contribution in [2.45, 2.75) is 4.90 Å². The molecule has 0 unspecified atom stereocenters. The molecule has 0 spiro atoms. The molecule has 0 aliphatic carbocycles. The fourth-order valence-electron chi connectivity index (χ4n) is 2.60. The van der Waals surface area contributed by atoms with Crippen LogP contribution in [-0.4, -0.2) is 38.2 Å². The zero-order chi connectivity index (χ0) is 16.0. The van der Waals surface area contributed by atoms with Crippen LogP contribution >= 0.6 is 23.4 Å². The van der Waals surface area contributed by atoms with E-state index in [0.717, 1.165) is 16.3 Å². The van der Waals surface area contributed by atoms with Gasteiger partial charge in [0.05, 0.1) is 11.3 Å². The van der Waals surface area contributed by atoms with Crippen LogP contribution in [0.25, 0.3) is 11.2 Å². The minimum atomic E-state index is -0.103. The van der Waals surface area contributed by atoms with Crippen LogP contribution in [0.5, 0.6) is 0 Å². The topological polar surface area (TPSA) is 63.9 Å². The second-order valence-corrected chi connectivity index (χ2v) is 6.77. The SMILES string of the molecule is Cn1nnc2cc(C(=O)N3CCSc4ccc(Cl)cc43)cnc21. The maximum absolute atomic E-state index is 12.9.